The van der Waals surface area contributed by atoms with Crippen molar-refractivity contribution in [3.8, 4) is 0 Å². The maximum absolute atomic E-state index is 12.4. The van der Waals surface area contributed by atoms with Crippen LogP contribution in [0.4, 0.5) is 3.89 Å². The number of nitrogens with two attached hydrogens (primary N) is 1. The molecule has 0 aromatic heterocycles. The smallest absolute Gasteiger partial charge is 0.115 e. The van der Waals surface area contributed by atoms with E-state index in [1.807, 2.05) is 54.6 Å². The lowest BCUT2D eigenvalue weighted by molar-refractivity contribution is 0.726. The first-order chi connectivity index (χ1) is 9.70. The van der Waals surface area contributed by atoms with Gasteiger partial charge in [-0.05, 0) is 23.3 Å². The van der Waals surface area contributed by atoms with Crippen LogP contribution in [-0.2, 0) is 0 Å². The molecule has 20 heavy (non-hydrogen) atoms. The van der Waals surface area contributed by atoms with Crippen LogP contribution < -0.4 is 11.1 Å². The van der Waals surface area contributed by atoms with Gasteiger partial charge in [-0.25, -0.2) is 0 Å². The summed E-state index contributed by atoms with van der Waals surface area (Å²) in [4.78, 5) is 0. The summed E-state index contributed by atoms with van der Waals surface area (Å²) in [5.74, 6) is 0. The molecule has 0 aliphatic rings. The molecule has 0 amide bonds. The van der Waals surface area contributed by atoms with Crippen LogP contribution in [0.5, 0.6) is 0 Å². The quantitative estimate of drug-likeness (QED) is 0.860. The van der Waals surface area contributed by atoms with Gasteiger partial charge in [0, 0.05) is 11.2 Å². The molecule has 2 aromatic rings. The van der Waals surface area contributed by atoms with Gasteiger partial charge in [0.1, 0.15) is 17.2 Å². The lowest BCUT2D eigenvalue weighted by atomic mass is 9.99. The molecule has 0 aliphatic heterocycles. The minimum Gasteiger partial charge on any atom is -0.390 e. The van der Waals surface area contributed by atoms with Gasteiger partial charge in [0.2, 0.25) is 0 Å². The van der Waals surface area contributed by atoms with E-state index in [1.54, 1.807) is 0 Å². The minimum absolute atomic E-state index is 0.0149. The van der Waals surface area contributed by atoms with Gasteiger partial charge >= 0.3 is 0 Å². The summed E-state index contributed by atoms with van der Waals surface area (Å²) < 4.78 is 12.4. The third kappa shape index (κ3) is 3.92. The molecule has 0 saturated carbocycles. The fourth-order valence-corrected chi connectivity index (χ4v) is 2.11. The Morgan fingerprint density at radius 1 is 1.10 bits per heavy atom. The van der Waals surface area contributed by atoms with Crippen molar-refractivity contribution in [3.63, 3.8) is 0 Å². The van der Waals surface area contributed by atoms with Crippen LogP contribution >= 0.6 is 23.7 Å². The summed E-state index contributed by atoms with van der Waals surface area (Å²) in [6, 6.07) is 17.3. The highest BCUT2D eigenvalue weighted by Gasteiger charge is 2.12. The molecule has 0 aliphatic carbocycles. The third-order valence-corrected chi connectivity index (χ3v) is 3.37. The summed E-state index contributed by atoms with van der Waals surface area (Å²) in [5, 5.41) is 3.89. The standard InChI is InChI=1S/C15H14ClFN2S/c16-13-8-6-12(7-9-13)15(19-10-14(18)20-17)11-4-2-1-3-5-11/h1-10,15,19H,18H2/b14-10+. The second kappa shape index (κ2) is 7.22. The second-order valence-electron chi connectivity index (χ2n) is 4.19. The van der Waals surface area contributed by atoms with Crippen LogP contribution in [0.3, 0.4) is 0 Å². The Morgan fingerprint density at radius 3 is 2.30 bits per heavy atom. The summed E-state index contributed by atoms with van der Waals surface area (Å²) in [6.45, 7) is 0. The number of hydrogen-bond acceptors (Lipinski definition) is 3. The van der Waals surface area contributed by atoms with Crippen LogP contribution in [0.2, 0.25) is 5.02 Å². The Bertz CT molecular complexity index is 572. The first-order valence-electron chi connectivity index (χ1n) is 6.01. The number of halogens is 2. The largest absolute Gasteiger partial charge is 0.390 e. The van der Waals surface area contributed by atoms with Crippen LogP contribution in [0.15, 0.2) is 65.8 Å². The third-order valence-electron chi connectivity index (χ3n) is 2.82. The Morgan fingerprint density at radius 2 is 1.70 bits per heavy atom. The molecule has 1 atom stereocenters. The SMILES string of the molecule is N/C(=C\NC(c1ccccc1)c1ccc(Cl)cc1)SF. The molecular weight excluding hydrogens is 295 g/mol. The van der Waals surface area contributed by atoms with E-state index in [2.05, 4.69) is 5.32 Å². The highest BCUT2D eigenvalue weighted by molar-refractivity contribution is 7.98. The normalized spacial score (nSPS) is 13.0. The number of benzene rings is 2. The maximum atomic E-state index is 12.4. The van der Waals surface area contributed by atoms with E-state index in [0.29, 0.717) is 5.02 Å². The molecule has 2 aromatic carbocycles. The molecule has 104 valence electrons. The lowest BCUT2D eigenvalue weighted by Gasteiger charge is -2.19. The van der Waals surface area contributed by atoms with E-state index in [-0.39, 0.29) is 23.2 Å². The molecule has 0 fully saturated rings. The van der Waals surface area contributed by atoms with E-state index < -0.39 is 0 Å². The van der Waals surface area contributed by atoms with Crippen molar-refractivity contribution in [1.29, 1.82) is 0 Å². The maximum Gasteiger partial charge on any atom is 0.115 e. The predicted molar refractivity (Wildman–Crippen MR) is 83.8 cm³/mol. The molecule has 0 saturated heterocycles. The molecule has 5 heteroatoms. The lowest BCUT2D eigenvalue weighted by Crippen LogP contribution is -2.18. The molecule has 0 spiro atoms. The van der Waals surface area contributed by atoms with Gasteiger partial charge in [-0.15, -0.1) is 0 Å². The zero-order valence-corrected chi connectivity index (χ0v) is 12.2. The van der Waals surface area contributed by atoms with E-state index >= 15 is 0 Å². The van der Waals surface area contributed by atoms with Crippen molar-refractivity contribution in [1.82, 2.24) is 5.32 Å². The highest BCUT2D eigenvalue weighted by atomic mass is 35.5. The molecule has 3 N–H and O–H groups in total. The van der Waals surface area contributed by atoms with Crippen LogP contribution in [0.25, 0.3) is 0 Å². The molecule has 2 rings (SSSR count). The van der Waals surface area contributed by atoms with E-state index in [4.69, 9.17) is 17.3 Å². The number of nitrogens with one attached hydrogen (secondary N) is 1. The van der Waals surface area contributed by atoms with Crippen molar-refractivity contribution in [2.24, 2.45) is 5.73 Å². The van der Waals surface area contributed by atoms with Gasteiger partial charge in [-0.3, -0.25) is 0 Å². The van der Waals surface area contributed by atoms with Crippen LogP contribution in [-0.4, -0.2) is 0 Å². The summed E-state index contributed by atoms with van der Waals surface area (Å²) in [5.41, 5.74) is 7.55. The van der Waals surface area contributed by atoms with Crippen molar-refractivity contribution in [2.75, 3.05) is 0 Å². The van der Waals surface area contributed by atoms with Gasteiger partial charge in [0.25, 0.3) is 0 Å². The Labute approximate surface area is 127 Å². The fraction of sp³-hybridized carbons (Fsp3) is 0.0667. The van der Waals surface area contributed by atoms with Gasteiger partial charge < -0.3 is 11.1 Å². The van der Waals surface area contributed by atoms with E-state index in [1.165, 1.54) is 6.20 Å². The molecular formula is C15H14ClFN2S. The zero-order valence-electron chi connectivity index (χ0n) is 10.6. The van der Waals surface area contributed by atoms with Crippen molar-refractivity contribution in [2.45, 2.75) is 6.04 Å². The van der Waals surface area contributed by atoms with E-state index in [0.717, 1.165) is 11.1 Å². The van der Waals surface area contributed by atoms with Gasteiger partial charge in [0.05, 0.1) is 6.04 Å². The number of hydrogen-bond donors (Lipinski definition) is 2. The zero-order chi connectivity index (χ0) is 14.4. The summed E-state index contributed by atoms with van der Waals surface area (Å²) >= 11 is 5.92. The topological polar surface area (TPSA) is 38.0 Å². The molecule has 0 radical (unpaired) electrons. The van der Waals surface area contributed by atoms with Crippen molar-refractivity contribution in [3.05, 3.63) is 82.0 Å². The second-order valence-corrected chi connectivity index (χ2v) is 5.25. The Balaban J connectivity index is 2.31. The first-order valence-corrected chi connectivity index (χ1v) is 7.11. The van der Waals surface area contributed by atoms with Crippen LogP contribution in [0, 0.1) is 0 Å². The molecule has 0 bridgehead atoms. The van der Waals surface area contributed by atoms with Crippen molar-refractivity contribution < 1.29 is 3.89 Å². The molecule has 2 nitrogen and oxygen atoms in total. The Kier molecular flexibility index (Phi) is 5.32. The highest BCUT2D eigenvalue weighted by Crippen LogP contribution is 2.24. The first kappa shape index (κ1) is 14.8. The fourth-order valence-electron chi connectivity index (χ4n) is 1.87. The van der Waals surface area contributed by atoms with Crippen molar-refractivity contribution >= 4 is 23.7 Å². The average molecular weight is 309 g/mol. The van der Waals surface area contributed by atoms with Gasteiger partial charge in [-0.1, -0.05) is 54.1 Å². The monoisotopic (exact) mass is 308 g/mol. The van der Waals surface area contributed by atoms with Gasteiger partial charge in [-0.2, -0.15) is 3.89 Å². The molecule has 1 unspecified atom stereocenters. The van der Waals surface area contributed by atoms with Gasteiger partial charge in [0.15, 0.2) is 0 Å². The van der Waals surface area contributed by atoms with E-state index in [9.17, 15) is 3.89 Å². The molecule has 0 heterocycles. The summed E-state index contributed by atoms with van der Waals surface area (Å²) in [7, 11) is 0. The number of rotatable bonds is 5. The average Bonchev–Trinajstić information content (AvgIpc) is 2.50. The van der Waals surface area contributed by atoms with Crippen LogP contribution in [0.1, 0.15) is 17.2 Å². The predicted octanol–water partition coefficient (Wildman–Crippen LogP) is 4.39. The summed E-state index contributed by atoms with van der Waals surface area (Å²) in [6.07, 6.45) is 1.47. The minimum atomic E-state index is -0.112. The Hall–Kier alpha value is -1.65.